The summed E-state index contributed by atoms with van der Waals surface area (Å²) in [7, 11) is 1.25. The number of ether oxygens (including phenoxy) is 5. The first-order chi connectivity index (χ1) is 20.2. The normalized spacial score (nSPS) is 14.5. The van der Waals surface area contributed by atoms with Gasteiger partial charge in [-0.15, -0.1) is 0 Å². The number of hydrazone groups is 1. The Morgan fingerprint density at radius 1 is 1.07 bits per heavy atom. The third-order valence-corrected chi connectivity index (χ3v) is 6.15. The van der Waals surface area contributed by atoms with Crippen molar-refractivity contribution in [1.82, 2.24) is 16.1 Å². The summed E-state index contributed by atoms with van der Waals surface area (Å²) in [4.78, 5) is 36.7. The van der Waals surface area contributed by atoms with Crippen LogP contribution in [0.2, 0.25) is 5.02 Å². The van der Waals surface area contributed by atoms with Gasteiger partial charge in [0.25, 0.3) is 5.91 Å². The molecule has 3 rings (SSSR count). The lowest BCUT2D eigenvalue weighted by molar-refractivity contribution is -0.143. The van der Waals surface area contributed by atoms with Crippen LogP contribution < -0.4 is 30.3 Å². The zero-order valence-corrected chi connectivity index (χ0v) is 25.0. The molecular formula is C28H31ClN4O8S. The number of thiocarbonyl (C=S) groups is 1. The van der Waals surface area contributed by atoms with E-state index in [1.807, 2.05) is 0 Å². The largest absolute Gasteiger partial charge is 0.490 e. The van der Waals surface area contributed by atoms with Gasteiger partial charge in [-0.3, -0.25) is 4.79 Å². The van der Waals surface area contributed by atoms with E-state index < -0.39 is 23.9 Å². The molecule has 2 aromatic rings. The Kier molecular flexibility index (Phi) is 11.9. The number of benzene rings is 2. The molecule has 224 valence electrons. The van der Waals surface area contributed by atoms with Crippen LogP contribution in [0.15, 0.2) is 52.8 Å². The van der Waals surface area contributed by atoms with Gasteiger partial charge in [0.2, 0.25) is 0 Å². The van der Waals surface area contributed by atoms with Gasteiger partial charge < -0.3 is 34.3 Å². The highest BCUT2D eigenvalue weighted by atomic mass is 35.5. The minimum atomic E-state index is -0.654. The Bertz CT molecular complexity index is 1400. The maximum atomic E-state index is 12.7. The number of para-hydroxylation sites is 1. The van der Waals surface area contributed by atoms with E-state index in [1.165, 1.54) is 19.4 Å². The molecule has 0 bridgehead atoms. The number of allylic oxidation sites excluding steroid dienone is 1. The number of esters is 2. The number of carbonyl (C=O) groups excluding carboxylic acids is 3. The van der Waals surface area contributed by atoms with E-state index in [9.17, 15) is 14.4 Å². The molecule has 0 fully saturated rings. The van der Waals surface area contributed by atoms with Crippen molar-refractivity contribution in [2.24, 2.45) is 5.10 Å². The minimum Gasteiger partial charge on any atom is -0.490 e. The van der Waals surface area contributed by atoms with Crippen LogP contribution in [0.1, 0.15) is 37.9 Å². The van der Waals surface area contributed by atoms with Crippen molar-refractivity contribution in [1.29, 1.82) is 0 Å². The molecule has 0 aliphatic carbocycles. The molecular weight excluding hydrogens is 588 g/mol. The molecule has 1 aliphatic heterocycles. The topological polar surface area (TPSA) is 146 Å². The van der Waals surface area contributed by atoms with Crippen LogP contribution in [0.25, 0.3) is 0 Å². The highest BCUT2D eigenvalue weighted by Gasteiger charge is 2.32. The SMILES string of the molecule is CCOC(=O)C1=C(C)NC(=S)N[C@H]1c1ccccc1OCC(=O)NN=Cc1cc(Cl)c(OCC(=O)OC)c(OCC)c1. The second-order valence-electron chi connectivity index (χ2n) is 8.54. The molecule has 3 N–H and O–H groups in total. The predicted molar refractivity (Wildman–Crippen MR) is 159 cm³/mol. The van der Waals surface area contributed by atoms with Gasteiger partial charge in [-0.05, 0) is 56.8 Å². The third kappa shape index (κ3) is 8.57. The van der Waals surface area contributed by atoms with Crippen molar-refractivity contribution >= 4 is 53.0 Å². The van der Waals surface area contributed by atoms with E-state index in [2.05, 4.69) is 25.9 Å². The van der Waals surface area contributed by atoms with Gasteiger partial charge in [0.05, 0.1) is 43.2 Å². The summed E-state index contributed by atoms with van der Waals surface area (Å²) in [6.45, 7) is 5.04. The fourth-order valence-electron chi connectivity index (χ4n) is 3.87. The number of hydrogen-bond acceptors (Lipinski definition) is 10. The molecule has 0 saturated heterocycles. The molecule has 1 atom stereocenters. The summed E-state index contributed by atoms with van der Waals surface area (Å²) in [5.41, 5.74) is 4.39. The molecule has 0 unspecified atom stereocenters. The third-order valence-electron chi connectivity index (χ3n) is 5.65. The van der Waals surface area contributed by atoms with E-state index in [0.29, 0.717) is 45.6 Å². The molecule has 12 nitrogen and oxygen atoms in total. The molecule has 0 saturated carbocycles. The molecule has 42 heavy (non-hydrogen) atoms. The van der Waals surface area contributed by atoms with E-state index in [1.54, 1.807) is 51.1 Å². The quantitative estimate of drug-likeness (QED) is 0.132. The molecule has 14 heteroatoms. The first kappa shape index (κ1) is 32.2. The van der Waals surface area contributed by atoms with Gasteiger partial charge in [0, 0.05) is 11.3 Å². The van der Waals surface area contributed by atoms with E-state index in [-0.39, 0.29) is 30.6 Å². The van der Waals surface area contributed by atoms with Crippen LogP contribution in [0.5, 0.6) is 17.2 Å². The highest BCUT2D eigenvalue weighted by Crippen LogP contribution is 2.36. The van der Waals surface area contributed by atoms with Crippen molar-refractivity contribution in [3.8, 4) is 17.2 Å². The lowest BCUT2D eigenvalue weighted by atomic mass is 9.95. The summed E-state index contributed by atoms with van der Waals surface area (Å²) < 4.78 is 26.6. The van der Waals surface area contributed by atoms with Crippen molar-refractivity contribution in [3.05, 3.63) is 63.8 Å². The first-order valence-corrected chi connectivity index (χ1v) is 13.6. The number of halogens is 1. The zero-order valence-electron chi connectivity index (χ0n) is 23.4. The van der Waals surface area contributed by atoms with Gasteiger partial charge in [-0.2, -0.15) is 5.10 Å². The fraction of sp³-hybridized carbons (Fsp3) is 0.321. The summed E-state index contributed by atoms with van der Waals surface area (Å²) in [5, 5.41) is 10.5. The Morgan fingerprint density at radius 3 is 2.55 bits per heavy atom. The summed E-state index contributed by atoms with van der Waals surface area (Å²) in [5.74, 6) is -0.782. The first-order valence-electron chi connectivity index (χ1n) is 12.8. The number of nitrogens with zero attached hydrogens (tertiary/aromatic N) is 1. The van der Waals surface area contributed by atoms with Gasteiger partial charge in [-0.1, -0.05) is 29.8 Å². The molecule has 1 amide bonds. The standard InChI is InChI=1S/C28H31ClN4O8S/c1-5-38-21-12-17(11-19(29)26(21)41-15-23(35)37-4)13-30-33-22(34)14-40-20-10-8-7-9-18(20)25-24(27(36)39-6-2)16(3)31-28(42)32-25/h7-13,25H,5-6,14-15H2,1-4H3,(H,33,34)(H2,31,32,42)/t25-/m0/s1. The fourth-order valence-corrected chi connectivity index (χ4v) is 4.41. The van der Waals surface area contributed by atoms with E-state index in [4.69, 9.17) is 42.8 Å². The van der Waals surface area contributed by atoms with Crippen LogP contribution in [0.3, 0.4) is 0 Å². The number of carbonyl (C=O) groups is 3. The lowest BCUT2D eigenvalue weighted by Gasteiger charge is -2.30. The Labute approximate surface area is 253 Å². The number of amides is 1. The number of methoxy groups -OCH3 is 1. The van der Waals surface area contributed by atoms with Gasteiger partial charge in [0.1, 0.15) is 5.75 Å². The van der Waals surface area contributed by atoms with Gasteiger partial charge in [0.15, 0.2) is 29.8 Å². The minimum absolute atomic E-state index is 0.176. The zero-order chi connectivity index (χ0) is 30.6. The molecule has 2 aromatic carbocycles. The molecule has 0 spiro atoms. The van der Waals surface area contributed by atoms with Crippen LogP contribution in [-0.4, -0.2) is 62.7 Å². The van der Waals surface area contributed by atoms with E-state index in [0.717, 1.165) is 0 Å². The van der Waals surface area contributed by atoms with Crippen molar-refractivity contribution in [3.63, 3.8) is 0 Å². The van der Waals surface area contributed by atoms with Crippen molar-refractivity contribution in [2.45, 2.75) is 26.8 Å². The summed E-state index contributed by atoms with van der Waals surface area (Å²) in [6, 6.07) is 9.44. The Balaban J connectivity index is 1.69. The van der Waals surface area contributed by atoms with Crippen LogP contribution in [0.4, 0.5) is 0 Å². The molecule has 1 aliphatic rings. The second-order valence-corrected chi connectivity index (χ2v) is 9.35. The van der Waals surface area contributed by atoms with Gasteiger partial charge >= 0.3 is 11.9 Å². The summed E-state index contributed by atoms with van der Waals surface area (Å²) >= 11 is 11.6. The molecule has 1 heterocycles. The van der Waals surface area contributed by atoms with E-state index >= 15 is 0 Å². The van der Waals surface area contributed by atoms with Crippen molar-refractivity contribution in [2.75, 3.05) is 33.5 Å². The number of hydrogen-bond donors (Lipinski definition) is 3. The average molecular weight is 619 g/mol. The molecule has 0 aromatic heterocycles. The predicted octanol–water partition coefficient (Wildman–Crippen LogP) is 3.18. The maximum Gasteiger partial charge on any atom is 0.343 e. The smallest absolute Gasteiger partial charge is 0.343 e. The highest BCUT2D eigenvalue weighted by molar-refractivity contribution is 7.80. The van der Waals surface area contributed by atoms with Crippen LogP contribution in [-0.2, 0) is 23.9 Å². The number of nitrogens with one attached hydrogen (secondary N) is 3. The maximum absolute atomic E-state index is 12.7. The monoisotopic (exact) mass is 618 g/mol. The second kappa shape index (κ2) is 15.6. The number of rotatable bonds is 13. The lowest BCUT2D eigenvalue weighted by Crippen LogP contribution is -2.45. The Morgan fingerprint density at radius 2 is 1.83 bits per heavy atom. The summed E-state index contributed by atoms with van der Waals surface area (Å²) in [6.07, 6.45) is 1.36. The molecule has 0 radical (unpaired) electrons. The van der Waals surface area contributed by atoms with Crippen LogP contribution in [0, 0.1) is 0 Å². The Hall–Kier alpha value is -4.36. The van der Waals surface area contributed by atoms with Crippen LogP contribution >= 0.6 is 23.8 Å². The van der Waals surface area contributed by atoms with Gasteiger partial charge in [-0.25, -0.2) is 15.0 Å². The average Bonchev–Trinajstić information content (AvgIpc) is 2.95. The van der Waals surface area contributed by atoms with Crippen molar-refractivity contribution < 1.29 is 38.1 Å².